The third kappa shape index (κ3) is 3.67. The molecule has 8 nitrogen and oxygen atoms in total. The van der Waals surface area contributed by atoms with Crippen LogP contribution < -0.4 is 10.2 Å². The number of aliphatic hydroxyl groups excluding tert-OH is 1. The summed E-state index contributed by atoms with van der Waals surface area (Å²) < 4.78 is 37.4. The Kier molecular flexibility index (Phi) is 4.03. The Balaban J connectivity index is 1.74. The van der Waals surface area contributed by atoms with Gasteiger partial charge in [0.1, 0.15) is 5.82 Å². The molecule has 1 unspecified atom stereocenters. The normalized spacial score (nSPS) is 19.0. The van der Waals surface area contributed by atoms with Crippen molar-refractivity contribution in [1.29, 1.82) is 0 Å². The lowest BCUT2D eigenvalue weighted by Crippen LogP contribution is -2.38. The molecule has 2 aromatic heterocycles. The molecule has 1 aliphatic rings. The van der Waals surface area contributed by atoms with Crippen molar-refractivity contribution in [2.45, 2.75) is 25.1 Å². The Labute approximate surface area is 128 Å². The lowest BCUT2D eigenvalue weighted by Gasteiger charge is -2.30. The molecule has 0 bridgehead atoms. The molecule has 0 amide bonds. The first-order chi connectivity index (χ1) is 10.9. The summed E-state index contributed by atoms with van der Waals surface area (Å²) in [7, 11) is 0. The number of hydrogen-bond donors (Lipinski definition) is 3. The van der Waals surface area contributed by atoms with Gasteiger partial charge in [0, 0.05) is 19.3 Å². The summed E-state index contributed by atoms with van der Waals surface area (Å²) in [6.07, 6.45) is -1.96. The average molecular weight is 329 g/mol. The van der Waals surface area contributed by atoms with Gasteiger partial charge in [-0.1, -0.05) is 0 Å². The summed E-state index contributed by atoms with van der Waals surface area (Å²) in [4.78, 5) is 13.3. The number of halogens is 3. The van der Waals surface area contributed by atoms with E-state index in [4.69, 9.17) is 0 Å². The van der Waals surface area contributed by atoms with Crippen molar-refractivity contribution in [3.05, 3.63) is 18.1 Å². The van der Waals surface area contributed by atoms with Crippen molar-refractivity contribution >= 4 is 17.7 Å². The molecule has 0 spiro atoms. The molecule has 124 valence electrons. The fourth-order valence-electron chi connectivity index (χ4n) is 2.29. The molecule has 0 aliphatic carbocycles. The Hall–Kier alpha value is -2.43. The summed E-state index contributed by atoms with van der Waals surface area (Å²) in [6.45, 7) is 1.20. The molecule has 11 heteroatoms. The molecule has 0 saturated carbocycles. The zero-order valence-electron chi connectivity index (χ0n) is 11.9. The van der Waals surface area contributed by atoms with Crippen LogP contribution in [0.3, 0.4) is 0 Å². The zero-order valence-corrected chi connectivity index (χ0v) is 11.9. The van der Waals surface area contributed by atoms with Gasteiger partial charge in [0.15, 0.2) is 0 Å². The van der Waals surface area contributed by atoms with Crippen molar-refractivity contribution in [2.75, 3.05) is 23.3 Å². The highest BCUT2D eigenvalue weighted by Gasteiger charge is 2.35. The molecule has 1 saturated heterocycles. The summed E-state index contributed by atoms with van der Waals surface area (Å²) in [5.74, 6) is -0.813. The predicted octanol–water partition coefficient (Wildman–Crippen LogP) is 1.32. The maximum atomic E-state index is 12.5. The van der Waals surface area contributed by atoms with Gasteiger partial charge in [0.05, 0.1) is 6.10 Å². The van der Waals surface area contributed by atoms with Crippen molar-refractivity contribution in [3.63, 3.8) is 0 Å². The minimum atomic E-state index is -4.60. The fraction of sp³-hybridized carbons (Fsp3) is 0.500. The number of H-pyrrole nitrogens is 1. The van der Waals surface area contributed by atoms with Gasteiger partial charge >= 0.3 is 6.18 Å². The lowest BCUT2D eigenvalue weighted by molar-refractivity contribution is -0.144. The van der Waals surface area contributed by atoms with Gasteiger partial charge in [-0.2, -0.15) is 23.1 Å². The molecular formula is C12H14F3N7O. The van der Waals surface area contributed by atoms with E-state index < -0.39 is 18.1 Å². The highest BCUT2D eigenvalue weighted by molar-refractivity contribution is 5.48. The van der Waals surface area contributed by atoms with Crippen LogP contribution in [-0.2, 0) is 6.18 Å². The Bertz CT molecular complexity index is 675. The first-order valence-corrected chi connectivity index (χ1v) is 6.94. The van der Waals surface area contributed by atoms with E-state index in [0.717, 1.165) is 19.4 Å². The molecule has 0 radical (unpaired) electrons. The van der Waals surface area contributed by atoms with Gasteiger partial charge in [0.25, 0.3) is 0 Å². The van der Waals surface area contributed by atoms with Crippen LogP contribution in [0.2, 0.25) is 0 Å². The van der Waals surface area contributed by atoms with Crippen LogP contribution in [0.1, 0.15) is 18.7 Å². The van der Waals surface area contributed by atoms with Crippen molar-refractivity contribution < 1.29 is 18.3 Å². The van der Waals surface area contributed by atoms with E-state index in [1.807, 2.05) is 4.90 Å². The van der Waals surface area contributed by atoms with Gasteiger partial charge in [-0.3, -0.25) is 10.4 Å². The largest absolute Gasteiger partial charge is 0.451 e. The molecule has 3 N–H and O–H groups in total. The Morgan fingerprint density at radius 3 is 2.83 bits per heavy atom. The van der Waals surface area contributed by atoms with Crippen LogP contribution in [0.4, 0.5) is 30.9 Å². The number of piperidine rings is 1. The molecular weight excluding hydrogens is 315 g/mol. The van der Waals surface area contributed by atoms with E-state index in [1.54, 1.807) is 11.2 Å². The minimum absolute atomic E-state index is 0.0790. The molecule has 1 fully saturated rings. The van der Waals surface area contributed by atoms with Gasteiger partial charge in [-0.25, -0.2) is 4.98 Å². The fourth-order valence-corrected chi connectivity index (χ4v) is 2.29. The van der Waals surface area contributed by atoms with E-state index >= 15 is 0 Å². The smallest absolute Gasteiger partial charge is 0.391 e. The van der Waals surface area contributed by atoms with Crippen LogP contribution in [0.25, 0.3) is 0 Å². The molecule has 1 aliphatic heterocycles. The number of alkyl halides is 3. The number of nitrogens with one attached hydrogen (secondary N) is 2. The van der Waals surface area contributed by atoms with Crippen LogP contribution in [0.15, 0.2) is 12.3 Å². The summed E-state index contributed by atoms with van der Waals surface area (Å²) >= 11 is 0. The Morgan fingerprint density at radius 2 is 2.13 bits per heavy atom. The topological polar surface area (TPSA) is 103 Å². The van der Waals surface area contributed by atoms with Gasteiger partial charge in [-0.15, -0.1) is 5.10 Å². The number of aromatic nitrogens is 5. The van der Waals surface area contributed by atoms with E-state index in [2.05, 4.69) is 25.4 Å². The number of aliphatic hydroxyl groups is 1. The maximum absolute atomic E-state index is 12.5. The lowest BCUT2D eigenvalue weighted by atomic mass is 10.1. The standard InChI is InChI=1S/C12H14F3N7O/c13-12(14,15)9-18-11(21-20-9)19-10-16-4-3-8(17-10)22-5-1-2-7(23)6-22/h3-4,7,23H,1-2,5-6H2,(H2,16,17,18,19,20,21). The third-order valence-electron chi connectivity index (χ3n) is 3.34. The number of rotatable bonds is 3. The highest BCUT2D eigenvalue weighted by atomic mass is 19.4. The molecule has 23 heavy (non-hydrogen) atoms. The van der Waals surface area contributed by atoms with Crippen LogP contribution in [-0.4, -0.2) is 49.4 Å². The van der Waals surface area contributed by atoms with Crippen molar-refractivity contribution in [2.24, 2.45) is 0 Å². The van der Waals surface area contributed by atoms with E-state index in [9.17, 15) is 18.3 Å². The van der Waals surface area contributed by atoms with Gasteiger partial charge in [0.2, 0.25) is 17.7 Å². The first-order valence-electron chi connectivity index (χ1n) is 6.94. The third-order valence-corrected chi connectivity index (χ3v) is 3.34. The summed E-state index contributed by atoms with van der Waals surface area (Å²) in [5.41, 5.74) is 0. The van der Waals surface area contributed by atoms with Crippen LogP contribution >= 0.6 is 0 Å². The monoisotopic (exact) mass is 329 g/mol. The minimum Gasteiger partial charge on any atom is -0.391 e. The quantitative estimate of drug-likeness (QED) is 0.780. The molecule has 2 aromatic rings. The molecule has 3 rings (SSSR count). The van der Waals surface area contributed by atoms with Crippen molar-refractivity contribution in [1.82, 2.24) is 25.1 Å². The van der Waals surface area contributed by atoms with Gasteiger partial charge < -0.3 is 10.0 Å². The SMILES string of the molecule is OC1CCCN(c2ccnc(Nc3n[nH]c(C(F)(F)F)n3)n2)C1. The van der Waals surface area contributed by atoms with E-state index in [-0.39, 0.29) is 11.9 Å². The zero-order chi connectivity index (χ0) is 16.4. The molecule has 0 aromatic carbocycles. The highest BCUT2D eigenvalue weighted by Crippen LogP contribution is 2.26. The maximum Gasteiger partial charge on any atom is 0.451 e. The summed E-state index contributed by atoms with van der Waals surface area (Å²) in [6, 6.07) is 1.67. The molecule has 1 atom stereocenters. The van der Waals surface area contributed by atoms with Gasteiger partial charge in [-0.05, 0) is 18.9 Å². The van der Waals surface area contributed by atoms with Crippen LogP contribution in [0, 0.1) is 0 Å². The van der Waals surface area contributed by atoms with Crippen LogP contribution in [0.5, 0.6) is 0 Å². The van der Waals surface area contributed by atoms with Crippen molar-refractivity contribution in [3.8, 4) is 0 Å². The molecule has 3 heterocycles. The number of nitrogens with zero attached hydrogens (tertiary/aromatic N) is 5. The first kappa shape index (κ1) is 15.5. The van der Waals surface area contributed by atoms with E-state index in [1.165, 1.54) is 6.20 Å². The number of anilines is 3. The Morgan fingerprint density at radius 1 is 1.30 bits per heavy atom. The predicted molar refractivity (Wildman–Crippen MR) is 74.2 cm³/mol. The second-order valence-corrected chi connectivity index (χ2v) is 5.11. The average Bonchev–Trinajstić information content (AvgIpc) is 2.96. The second kappa shape index (κ2) is 5.99. The van der Waals surface area contributed by atoms with E-state index in [0.29, 0.717) is 12.4 Å². The summed E-state index contributed by atoms with van der Waals surface area (Å²) in [5, 5.41) is 17.4. The number of hydrogen-bond acceptors (Lipinski definition) is 7. The number of aromatic amines is 1. The number of β-amino-alcohol motifs (C(OH)–C–C–N with tert-alkyl or cyclic N) is 1. The second-order valence-electron chi connectivity index (χ2n) is 5.11.